The molecule has 0 spiro atoms. The van der Waals surface area contributed by atoms with Crippen molar-refractivity contribution in [2.45, 2.75) is 0 Å². The number of carbonyl (C=O) groups is 2. The molecule has 1 amide bonds. The summed E-state index contributed by atoms with van der Waals surface area (Å²) in [5.41, 5.74) is 1.06. The Morgan fingerprint density at radius 3 is 2.20 bits per heavy atom. The quantitative estimate of drug-likeness (QED) is 0.393. The van der Waals surface area contributed by atoms with Gasteiger partial charge in [-0.3, -0.25) is 4.79 Å². The predicted octanol–water partition coefficient (Wildman–Crippen LogP) is 0.0425. The summed E-state index contributed by atoms with van der Waals surface area (Å²) in [4.78, 5) is 20.9. The van der Waals surface area contributed by atoms with E-state index in [1.165, 1.54) is 12.1 Å². The molecule has 0 fully saturated rings. The number of hydrogen-bond donors (Lipinski definition) is 2. The molecular formula is C10H8NNaO3. The Balaban J connectivity index is 0.00000196. The maximum absolute atomic E-state index is 10.7. The first kappa shape index (κ1) is 13.7. The zero-order valence-electron chi connectivity index (χ0n) is 7.15. The fourth-order valence-corrected chi connectivity index (χ4v) is 0.834. The van der Waals surface area contributed by atoms with E-state index in [2.05, 4.69) is 11.2 Å². The molecule has 0 aliphatic rings. The Morgan fingerprint density at radius 2 is 1.80 bits per heavy atom. The molecule has 0 saturated carbocycles. The predicted molar refractivity (Wildman–Crippen MR) is 57.8 cm³/mol. The first-order valence-corrected chi connectivity index (χ1v) is 3.74. The van der Waals surface area contributed by atoms with Gasteiger partial charge in [-0.1, -0.05) is 5.92 Å². The summed E-state index contributed by atoms with van der Waals surface area (Å²) in [6, 6.07) is 6.29. The van der Waals surface area contributed by atoms with Gasteiger partial charge in [0.25, 0.3) is 0 Å². The number of aliphatic carboxylic acids is 1. The molecule has 1 rings (SSSR count). The number of rotatable bonds is 1. The van der Waals surface area contributed by atoms with E-state index in [9.17, 15) is 9.59 Å². The molecule has 0 atom stereocenters. The molecule has 2 N–H and O–H groups in total. The van der Waals surface area contributed by atoms with E-state index in [4.69, 9.17) is 11.5 Å². The number of terminal acetylenes is 1. The third-order valence-electron chi connectivity index (χ3n) is 1.50. The van der Waals surface area contributed by atoms with E-state index in [0.29, 0.717) is 11.3 Å². The van der Waals surface area contributed by atoms with Crippen LogP contribution in [0, 0.1) is 12.3 Å². The van der Waals surface area contributed by atoms with Crippen molar-refractivity contribution >= 4 is 47.1 Å². The summed E-state index contributed by atoms with van der Waals surface area (Å²) in [7, 11) is 0. The summed E-state index contributed by atoms with van der Waals surface area (Å²) < 4.78 is 0. The van der Waals surface area contributed by atoms with Gasteiger partial charge < -0.3 is 10.4 Å². The Morgan fingerprint density at radius 1 is 1.27 bits per heavy atom. The van der Waals surface area contributed by atoms with Gasteiger partial charge in [0.15, 0.2) is 0 Å². The molecule has 0 radical (unpaired) electrons. The average Bonchev–Trinajstić information content (AvgIpc) is 2.19. The molecule has 1 aromatic carbocycles. The van der Waals surface area contributed by atoms with E-state index < -0.39 is 11.9 Å². The minimum absolute atomic E-state index is 0. The van der Waals surface area contributed by atoms with Crippen LogP contribution in [0.25, 0.3) is 0 Å². The van der Waals surface area contributed by atoms with Crippen LogP contribution < -0.4 is 5.32 Å². The van der Waals surface area contributed by atoms with E-state index in [1.54, 1.807) is 12.1 Å². The molecule has 5 heteroatoms. The van der Waals surface area contributed by atoms with Gasteiger partial charge in [-0.05, 0) is 24.3 Å². The SMILES string of the molecule is C#Cc1ccc(NC(=O)C(=O)O)cc1.[NaH]. The minimum atomic E-state index is -1.52. The van der Waals surface area contributed by atoms with Crippen LogP contribution >= 0.6 is 0 Å². The van der Waals surface area contributed by atoms with Crippen LogP contribution in [-0.4, -0.2) is 46.5 Å². The van der Waals surface area contributed by atoms with Crippen molar-refractivity contribution in [1.82, 2.24) is 0 Å². The van der Waals surface area contributed by atoms with Crippen LogP contribution in [0.1, 0.15) is 5.56 Å². The summed E-state index contributed by atoms with van der Waals surface area (Å²) in [5, 5.41) is 10.5. The van der Waals surface area contributed by atoms with Gasteiger partial charge >= 0.3 is 41.4 Å². The second-order valence-electron chi connectivity index (χ2n) is 2.48. The Labute approximate surface area is 109 Å². The molecule has 1 aromatic rings. The molecule has 0 heterocycles. The van der Waals surface area contributed by atoms with Crippen LogP contribution in [-0.2, 0) is 9.59 Å². The molecule has 4 nitrogen and oxygen atoms in total. The molecule has 0 saturated heterocycles. The first-order valence-electron chi connectivity index (χ1n) is 3.74. The number of nitrogens with one attached hydrogen (secondary N) is 1. The van der Waals surface area contributed by atoms with Gasteiger partial charge in [0.1, 0.15) is 0 Å². The van der Waals surface area contributed by atoms with E-state index in [-0.39, 0.29) is 29.6 Å². The average molecular weight is 213 g/mol. The third kappa shape index (κ3) is 4.17. The van der Waals surface area contributed by atoms with Gasteiger partial charge in [0.2, 0.25) is 0 Å². The van der Waals surface area contributed by atoms with Crippen molar-refractivity contribution in [3.8, 4) is 12.3 Å². The molecule has 15 heavy (non-hydrogen) atoms. The number of carbonyl (C=O) groups excluding carboxylic acids is 1. The van der Waals surface area contributed by atoms with Crippen molar-refractivity contribution in [1.29, 1.82) is 0 Å². The second kappa shape index (κ2) is 6.25. The third-order valence-corrected chi connectivity index (χ3v) is 1.50. The number of amides is 1. The summed E-state index contributed by atoms with van der Waals surface area (Å²) in [6.45, 7) is 0. The van der Waals surface area contributed by atoms with E-state index >= 15 is 0 Å². The van der Waals surface area contributed by atoms with Crippen LogP contribution in [0.5, 0.6) is 0 Å². The normalized spacial score (nSPS) is 8.20. The Bertz CT molecular complexity index is 406. The maximum atomic E-state index is 10.7. The first-order chi connectivity index (χ1) is 6.63. The number of benzene rings is 1. The number of hydrogen-bond acceptors (Lipinski definition) is 2. The topological polar surface area (TPSA) is 66.4 Å². The van der Waals surface area contributed by atoms with Crippen molar-refractivity contribution in [2.75, 3.05) is 5.32 Å². The fourth-order valence-electron chi connectivity index (χ4n) is 0.834. The molecule has 0 unspecified atom stereocenters. The van der Waals surface area contributed by atoms with Gasteiger partial charge in [-0.15, -0.1) is 6.42 Å². The van der Waals surface area contributed by atoms with Crippen LogP contribution in [0.2, 0.25) is 0 Å². The molecule has 0 aromatic heterocycles. The zero-order valence-corrected chi connectivity index (χ0v) is 7.15. The summed E-state index contributed by atoms with van der Waals surface area (Å²) >= 11 is 0. The number of anilines is 1. The summed E-state index contributed by atoms with van der Waals surface area (Å²) in [5.74, 6) is -0.192. The van der Waals surface area contributed by atoms with Gasteiger partial charge in [0, 0.05) is 11.3 Å². The van der Waals surface area contributed by atoms with Crippen molar-refractivity contribution in [3.63, 3.8) is 0 Å². The van der Waals surface area contributed by atoms with Crippen molar-refractivity contribution in [3.05, 3.63) is 29.8 Å². The van der Waals surface area contributed by atoms with Gasteiger partial charge in [0.05, 0.1) is 0 Å². The molecule has 0 aliphatic heterocycles. The zero-order chi connectivity index (χ0) is 10.6. The van der Waals surface area contributed by atoms with Crippen molar-refractivity contribution < 1.29 is 14.7 Å². The van der Waals surface area contributed by atoms with Crippen LogP contribution in [0.15, 0.2) is 24.3 Å². The van der Waals surface area contributed by atoms with Crippen molar-refractivity contribution in [2.24, 2.45) is 0 Å². The molecule has 0 bridgehead atoms. The second-order valence-corrected chi connectivity index (χ2v) is 2.48. The van der Waals surface area contributed by atoms with E-state index in [0.717, 1.165) is 0 Å². The Hall–Kier alpha value is -1.28. The van der Waals surface area contributed by atoms with Gasteiger partial charge in [-0.2, -0.15) is 0 Å². The molecule has 72 valence electrons. The van der Waals surface area contributed by atoms with Crippen LogP contribution in [0.3, 0.4) is 0 Å². The van der Waals surface area contributed by atoms with Crippen LogP contribution in [0.4, 0.5) is 5.69 Å². The van der Waals surface area contributed by atoms with E-state index in [1.807, 2.05) is 0 Å². The van der Waals surface area contributed by atoms with Gasteiger partial charge in [-0.25, -0.2) is 4.79 Å². The standard InChI is InChI=1S/C10H7NO3.Na.H/c1-2-7-3-5-8(6-4-7)11-9(12)10(13)14;;/h1,3-6H,(H,11,12)(H,13,14);;. The monoisotopic (exact) mass is 213 g/mol. The number of carboxylic acid groups (broad SMARTS) is 1. The summed E-state index contributed by atoms with van der Waals surface area (Å²) in [6.07, 6.45) is 5.12. The fraction of sp³-hybridized carbons (Fsp3) is 0. The number of carboxylic acids is 1. The Kier molecular flexibility index (Phi) is 5.72. The molecular weight excluding hydrogens is 205 g/mol. The molecule has 0 aliphatic carbocycles.